The number of rotatable bonds is 4. The molecular formula is C15H19N3O3S. The Morgan fingerprint density at radius 3 is 3.09 bits per heavy atom. The molecule has 3 heterocycles. The van der Waals surface area contributed by atoms with Gasteiger partial charge < -0.3 is 14.7 Å². The van der Waals surface area contributed by atoms with E-state index < -0.39 is 11.4 Å². The third-order valence-corrected chi connectivity index (χ3v) is 5.29. The minimum Gasteiger partial charge on any atom is -0.481 e. The number of piperidine rings is 1. The maximum Gasteiger partial charge on any atom is 0.313 e. The number of fused-ring (bicyclic) bond motifs is 1. The molecule has 0 aliphatic carbocycles. The number of nitrogens with zero attached hydrogens (tertiary/aromatic N) is 3. The topological polar surface area (TPSA) is 75.6 Å². The van der Waals surface area contributed by atoms with Crippen molar-refractivity contribution in [3.8, 4) is 0 Å². The Bertz CT molecular complexity index is 698. The normalized spacial score (nSPS) is 22.2. The lowest BCUT2D eigenvalue weighted by molar-refractivity contribution is -0.153. The van der Waals surface area contributed by atoms with E-state index in [9.17, 15) is 9.90 Å². The van der Waals surface area contributed by atoms with Crippen LogP contribution in [-0.4, -0.2) is 47.8 Å². The number of carbonyl (C=O) groups is 1. The molecule has 0 amide bonds. The van der Waals surface area contributed by atoms with E-state index in [0.717, 1.165) is 34.6 Å². The molecule has 2 aromatic rings. The highest BCUT2D eigenvalue weighted by atomic mass is 32.1. The Balaban J connectivity index is 2.00. The van der Waals surface area contributed by atoms with Crippen molar-refractivity contribution in [2.45, 2.75) is 19.8 Å². The van der Waals surface area contributed by atoms with E-state index >= 15 is 0 Å². The van der Waals surface area contributed by atoms with Crippen molar-refractivity contribution in [2.75, 3.05) is 31.7 Å². The van der Waals surface area contributed by atoms with Crippen LogP contribution in [0.5, 0.6) is 0 Å². The average molecular weight is 321 g/mol. The van der Waals surface area contributed by atoms with Gasteiger partial charge in [-0.2, -0.15) is 0 Å². The summed E-state index contributed by atoms with van der Waals surface area (Å²) in [6.07, 6.45) is 2.99. The van der Waals surface area contributed by atoms with Crippen LogP contribution in [0.1, 0.15) is 18.4 Å². The van der Waals surface area contributed by atoms with E-state index in [4.69, 9.17) is 4.74 Å². The number of aryl methyl sites for hydroxylation is 1. The molecule has 0 saturated carbocycles. The van der Waals surface area contributed by atoms with Crippen molar-refractivity contribution < 1.29 is 14.6 Å². The number of carboxylic acids is 1. The number of aromatic nitrogens is 2. The van der Waals surface area contributed by atoms with Crippen LogP contribution < -0.4 is 4.90 Å². The van der Waals surface area contributed by atoms with Crippen molar-refractivity contribution in [3.63, 3.8) is 0 Å². The van der Waals surface area contributed by atoms with E-state index in [-0.39, 0.29) is 6.61 Å². The van der Waals surface area contributed by atoms with Crippen molar-refractivity contribution in [2.24, 2.45) is 5.41 Å². The Morgan fingerprint density at radius 2 is 2.36 bits per heavy atom. The second-order valence-corrected chi connectivity index (χ2v) is 6.70. The second kappa shape index (κ2) is 5.81. The van der Waals surface area contributed by atoms with E-state index in [1.165, 1.54) is 0 Å². The largest absolute Gasteiger partial charge is 0.481 e. The summed E-state index contributed by atoms with van der Waals surface area (Å²) < 4.78 is 5.19. The number of methoxy groups -OCH3 is 1. The number of hydrogen-bond acceptors (Lipinski definition) is 6. The molecule has 7 heteroatoms. The van der Waals surface area contributed by atoms with Gasteiger partial charge in [0.2, 0.25) is 0 Å². The number of thiophene rings is 1. The number of aliphatic carboxylic acids is 1. The maximum atomic E-state index is 11.8. The molecule has 1 N–H and O–H groups in total. The molecule has 22 heavy (non-hydrogen) atoms. The molecule has 1 fully saturated rings. The van der Waals surface area contributed by atoms with E-state index in [0.29, 0.717) is 13.0 Å². The molecule has 1 atom stereocenters. The maximum absolute atomic E-state index is 11.8. The van der Waals surface area contributed by atoms with Crippen LogP contribution in [-0.2, 0) is 9.53 Å². The zero-order valence-electron chi connectivity index (χ0n) is 12.7. The van der Waals surface area contributed by atoms with Crippen molar-refractivity contribution in [1.82, 2.24) is 9.97 Å². The summed E-state index contributed by atoms with van der Waals surface area (Å²) in [6, 6.07) is 0. The van der Waals surface area contributed by atoms with E-state index in [1.54, 1.807) is 24.8 Å². The summed E-state index contributed by atoms with van der Waals surface area (Å²) in [5, 5.41) is 12.8. The standard InChI is InChI=1S/C15H19N3O3S/c1-10-6-22-13-11(10)12(16-9-17-13)18-5-3-4-15(7-18,8-21-2)14(19)20/h6,9H,3-5,7-8H2,1-2H3,(H,19,20). The molecule has 0 radical (unpaired) electrons. The summed E-state index contributed by atoms with van der Waals surface area (Å²) in [4.78, 5) is 23.5. The lowest BCUT2D eigenvalue weighted by Crippen LogP contribution is -2.50. The third-order valence-electron chi connectivity index (χ3n) is 4.28. The van der Waals surface area contributed by atoms with Crippen molar-refractivity contribution in [1.29, 1.82) is 0 Å². The Kier molecular flexibility index (Phi) is 4.01. The Labute approximate surface area is 132 Å². The highest BCUT2D eigenvalue weighted by molar-refractivity contribution is 7.17. The van der Waals surface area contributed by atoms with Crippen LogP contribution in [0.3, 0.4) is 0 Å². The number of carboxylic acid groups (broad SMARTS) is 1. The quantitative estimate of drug-likeness (QED) is 0.931. The molecule has 1 aliphatic rings. The molecule has 6 nitrogen and oxygen atoms in total. The number of hydrogen-bond donors (Lipinski definition) is 1. The van der Waals surface area contributed by atoms with Gasteiger partial charge in [-0.15, -0.1) is 11.3 Å². The third kappa shape index (κ3) is 2.44. The molecule has 0 spiro atoms. The first kappa shape index (κ1) is 15.2. The number of anilines is 1. The zero-order chi connectivity index (χ0) is 15.7. The fourth-order valence-corrected chi connectivity index (χ4v) is 4.07. The highest BCUT2D eigenvalue weighted by Gasteiger charge is 2.43. The van der Waals surface area contributed by atoms with Crippen LogP contribution >= 0.6 is 11.3 Å². The van der Waals surface area contributed by atoms with E-state index in [1.807, 2.05) is 6.92 Å². The van der Waals surface area contributed by atoms with Gasteiger partial charge in [0.1, 0.15) is 22.4 Å². The predicted octanol–water partition coefficient (Wildman–Crippen LogP) is 2.32. The Morgan fingerprint density at radius 1 is 1.55 bits per heavy atom. The molecule has 0 bridgehead atoms. The SMILES string of the molecule is COCC1(C(=O)O)CCCN(c2ncnc3scc(C)c23)C1. The van der Waals surface area contributed by atoms with Gasteiger partial charge in [0.15, 0.2) is 0 Å². The first-order valence-corrected chi connectivity index (χ1v) is 8.11. The summed E-state index contributed by atoms with van der Waals surface area (Å²) in [6.45, 7) is 3.47. The first-order chi connectivity index (χ1) is 10.6. The van der Waals surface area contributed by atoms with Crippen LogP contribution in [0.4, 0.5) is 5.82 Å². The van der Waals surface area contributed by atoms with Gasteiger partial charge in [0, 0.05) is 20.2 Å². The van der Waals surface area contributed by atoms with Gasteiger partial charge in [0.25, 0.3) is 0 Å². The highest BCUT2D eigenvalue weighted by Crippen LogP contribution is 2.37. The second-order valence-electron chi connectivity index (χ2n) is 5.84. The molecule has 0 aromatic carbocycles. The van der Waals surface area contributed by atoms with Gasteiger partial charge in [-0.3, -0.25) is 4.79 Å². The van der Waals surface area contributed by atoms with Crippen LogP contribution in [0, 0.1) is 12.3 Å². The lowest BCUT2D eigenvalue weighted by Gasteiger charge is -2.40. The van der Waals surface area contributed by atoms with E-state index in [2.05, 4.69) is 20.2 Å². The lowest BCUT2D eigenvalue weighted by atomic mass is 9.80. The Hall–Kier alpha value is -1.73. The minimum atomic E-state index is -0.867. The number of ether oxygens (including phenoxy) is 1. The van der Waals surface area contributed by atoms with Crippen molar-refractivity contribution in [3.05, 3.63) is 17.3 Å². The zero-order valence-corrected chi connectivity index (χ0v) is 13.5. The fraction of sp³-hybridized carbons (Fsp3) is 0.533. The van der Waals surface area contributed by atoms with Crippen molar-refractivity contribution >= 4 is 33.3 Å². The summed E-state index contributed by atoms with van der Waals surface area (Å²) in [7, 11) is 1.55. The average Bonchev–Trinajstić information content (AvgIpc) is 2.89. The van der Waals surface area contributed by atoms with Gasteiger partial charge >= 0.3 is 5.97 Å². The van der Waals surface area contributed by atoms with Gasteiger partial charge in [-0.25, -0.2) is 9.97 Å². The summed E-state index contributed by atoms with van der Waals surface area (Å²) >= 11 is 1.59. The first-order valence-electron chi connectivity index (χ1n) is 7.23. The predicted molar refractivity (Wildman–Crippen MR) is 85.5 cm³/mol. The molecular weight excluding hydrogens is 302 g/mol. The summed E-state index contributed by atoms with van der Waals surface area (Å²) in [5.41, 5.74) is 0.266. The molecule has 2 aromatic heterocycles. The monoisotopic (exact) mass is 321 g/mol. The molecule has 118 valence electrons. The van der Waals surface area contributed by atoms with Crippen LogP contribution in [0.2, 0.25) is 0 Å². The van der Waals surface area contributed by atoms with Gasteiger partial charge in [0.05, 0.1) is 12.0 Å². The minimum absolute atomic E-state index is 0.218. The molecule has 1 unspecified atom stereocenters. The van der Waals surface area contributed by atoms with Gasteiger partial charge in [-0.05, 0) is 30.7 Å². The molecule has 1 saturated heterocycles. The van der Waals surface area contributed by atoms with Gasteiger partial charge in [-0.1, -0.05) is 0 Å². The molecule has 1 aliphatic heterocycles. The van der Waals surface area contributed by atoms with Crippen LogP contribution in [0.25, 0.3) is 10.2 Å². The fourth-order valence-electron chi connectivity index (χ4n) is 3.18. The summed E-state index contributed by atoms with van der Waals surface area (Å²) in [5.74, 6) is 0.0385. The smallest absolute Gasteiger partial charge is 0.313 e. The molecule has 3 rings (SSSR count). The van der Waals surface area contributed by atoms with Crippen LogP contribution in [0.15, 0.2) is 11.7 Å².